The van der Waals surface area contributed by atoms with E-state index in [4.69, 9.17) is 11.6 Å². The Morgan fingerprint density at radius 1 is 1.53 bits per heavy atom. The Bertz CT molecular complexity index is 529. The standard InChI is InChI=1S/C12H11BrClNOS/c1-7-15-6-12(17-7)11(16)4-8-2-3-9(13)5-10(8)14/h2-3,5-6,11,16H,4H2,1H3. The van der Waals surface area contributed by atoms with Crippen molar-refractivity contribution in [2.45, 2.75) is 19.4 Å². The van der Waals surface area contributed by atoms with Crippen molar-refractivity contribution in [1.29, 1.82) is 0 Å². The van der Waals surface area contributed by atoms with Crippen molar-refractivity contribution >= 4 is 38.9 Å². The van der Waals surface area contributed by atoms with Crippen LogP contribution in [-0.4, -0.2) is 10.1 Å². The number of aryl methyl sites for hydroxylation is 1. The highest BCUT2D eigenvalue weighted by Gasteiger charge is 2.13. The van der Waals surface area contributed by atoms with Crippen molar-refractivity contribution in [3.63, 3.8) is 0 Å². The second-order valence-corrected chi connectivity index (χ2v) is 6.33. The predicted molar refractivity (Wildman–Crippen MR) is 74.7 cm³/mol. The summed E-state index contributed by atoms with van der Waals surface area (Å²) >= 11 is 11.0. The second-order valence-electron chi connectivity index (χ2n) is 3.74. The SMILES string of the molecule is Cc1ncc(C(O)Cc2ccc(Br)cc2Cl)s1. The van der Waals surface area contributed by atoms with Crippen LogP contribution in [0.3, 0.4) is 0 Å². The fraction of sp³-hybridized carbons (Fsp3) is 0.250. The highest BCUT2D eigenvalue weighted by Crippen LogP contribution is 2.28. The molecule has 0 spiro atoms. The molecule has 2 rings (SSSR count). The van der Waals surface area contributed by atoms with Crippen molar-refractivity contribution in [1.82, 2.24) is 4.98 Å². The van der Waals surface area contributed by atoms with E-state index in [0.29, 0.717) is 11.4 Å². The number of aliphatic hydroxyl groups excluding tert-OH is 1. The van der Waals surface area contributed by atoms with Crippen LogP contribution in [0.2, 0.25) is 5.02 Å². The molecule has 0 fully saturated rings. The number of halogens is 2. The third kappa shape index (κ3) is 3.28. The molecule has 2 nitrogen and oxygen atoms in total. The lowest BCUT2D eigenvalue weighted by Gasteiger charge is -2.09. The van der Waals surface area contributed by atoms with Crippen molar-refractivity contribution in [3.05, 3.63) is 49.3 Å². The van der Waals surface area contributed by atoms with E-state index >= 15 is 0 Å². The van der Waals surface area contributed by atoms with Gasteiger partial charge in [0.25, 0.3) is 0 Å². The van der Waals surface area contributed by atoms with Crippen LogP contribution in [0.15, 0.2) is 28.9 Å². The normalized spacial score (nSPS) is 12.7. The van der Waals surface area contributed by atoms with Crippen molar-refractivity contribution in [2.24, 2.45) is 0 Å². The fourth-order valence-corrected chi connectivity index (χ4v) is 3.05. The van der Waals surface area contributed by atoms with Crippen LogP contribution in [0.4, 0.5) is 0 Å². The molecule has 1 atom stereocenters. The third-order valence-corrected chi connectivity index (χ3v) is 4.26. The number of nitrogens with zero attached hydrogens (tertiary/aromatic N) is 1. The number of aromatic nitrogens is 1. The van der Waals surface area contributed by atoms with Crippen LogP contribution >= 0.6 is 38.9 Å². The minimum Gasteiger partial charge on any atom is -0.387 e. The minimum atomic E-state index is -0.542. The largest absolute Gasteiger partial charge is 0.387 e. The van der Waals surface area contributed by atoms with Crippen LogP contribution in [0, 0.1) is 6.92 Å². The van der Waals surface area contributed by atoms with Gasteiger partial charge in [0.05, 0.1) is 16.0 Å². The van der Waals surface area contributed by atoms with Gasteiger partial charge in [-0.05, 0) is 24.6 Å². The highest BCUT2D eigenvalue weighted by atomic mass is 79.9. The van der Waals surface area contributed by atoms with E-state index in [1.807, 2.05) is 25.1 Å². The first-order valence-corrected chi connectivity index (χ1v) is 7.09. The van der Waals surface area contributed by atoms with Gasteiger partial charge in [0.2, 0.25) is 0 Å². The molecule has 0 radical (unpaired) electrons. The summed E-state index contributed by atoms with van der Waals surface area (Å²) in [4.78, 5) is 5.01. The van der Waals surface area contributed by atoms with Gasteiger partial charge in [-0.15, -0.1) is 11.3 Å². The maximum absolute atomic E-state index is 10.1. The smallest absolute Gasteiger partial charge is 0.0938 e. The zero-order chi connectivity index (χ0) is 12.4. The summed E-state index contributed by atoms with van der Waals surface area (Å²) in [7, 11) is 0. The molecule has 0 aliphatic carbocycles. The van der Waals surface area contributed by atoms with E-state index < -0.39 is 6.10 Å². The first-order valence-electron chi connectivity index (χ1n) is 5.10. The summed E-state index contributed by atoms with van der Waals surface area (Å²) in [5, 5.41) is 11.7. The quantitative estimate of drug-likeness (QED) is 0.916. The Labute approximate surface area is 117 Å². The fourth-order valence-electron chi connectivity index (χ4n) is 1.53. The van der Waals surface area contributed by atoms with Gasteiger partial charge in [0.15, 0.2) is 0 Å². The molecule has 1 heterocycles. The average molecular weight is 333 g/mol. The average Bonchev–Trinajstić information content (AvgIpc) is 2.69. The molecule has 90 valence electrons. The first kappa shape index (κ1) is 13.0. The number of rotatable bonds is 3. The maximum atomic E-state index is 10.1. The molecule has 1 aromatic heterocycles. The van der Waals surface area contributed by atoms with E-state index in [1.165, 1.54) is 11.3 Å². The van der Waals surface area contributed by atoms with Crippen LogP contribution in [0.5, 0.6) is 0 Å². The summed E-state index contributed by atoms with van der Waals surface area (Å²) in [6.45, 7) is 1.92. The number of aliphatic hydroxyl groups is 1. The molecule has 0 saturated carbocycles. The van der Waals surface area contributed by atoms with E-state index in [2.05, 4.69) is 20.9 Å². The number of hydrogen-bond donors (Lipinski definition) is 1. The van der Waals surface area contributed by atoms with E-state index in [9.17, 15) is 5.11 Å². The van der Waals surface area contributed by atoms with Gasteiger partial charge < -0.3 is 5.11 Å². The van der Waals surface area contributed by atoms with Crippen molar-refractivity contribution in [2.75, 3.05) is 0 Å². The summed E-state index contributed by atoms with van der Waals surface area (Å²) in [6, 6.07) is 5.68. The molecule has 1 unspecified atom stereocenters. The Morgan fingerprint density at radius 2 is 2.29 bits per heavy atom. The lowest BCUT2D eigenvalue weighted by molar-refractivity contribution is 0.182. The summed E-state index contributed by atoms with van der Waals surface area (Å²) in [6.07, 6.45) is 1.69. The van der Waals surface area contributed by atoms with E-state index in [1.54, 1.807) is 6.20 Å². The second kappa shape index (κ2) is 5.48. The van der Waals surface area contributed by atoms with Gasteiger partial charge in [0.1, 0.15) is 0 Å². The van der Waals surface area contributed by atoms with Crippen LogP contribution in [-0.2, 0) is 6.42 Å². The minimum absolute atomic E-state index is 0.508. The molecule has 1 N–H and O–H groups in total. The Morgan fingerprint density at radius 3 is 2.88 bits per heavy atom. The third-order valence-electron chi connectivity index (χ3n) is 2.40. The molecular weight excluding hydrogens is 322 g/mol. The molecule has 5 heteroatoms. The molecular formula is C12H11BrClNOS. The van der Waals surface area contributed by atoms with Gasteiger partial charge in [-0.3, -0.25) is 0 Å². The summed E-state index contributed by atoms with van der Waals surface area (Å²) in [5.41, 5.74) is 0.938. The van der Waals surface area contributed by atoms with Gasteiger partial charge >= 0.3 is 0 Å². The number of hydrogen-bond acceptors (Lipinski definition) is 3. The van der Waals surface area contributed by atoms with Gasteiger partial charge in [-0.2, -0.15) is 0 Å². The summed E-state index contributed by atoms with van der Waals surface area (Å²) < 4.78 is 0.939. The van der Waals surface area contributed by atoms with Crippen molar-refractivity contribution in [3.8, 4) is 0 Å². The van der Waals surface area contributed by atoms with E-state index in [0.717, 1.165) is 19.9 Å². The molecule has 0 aliphatic rings. The molecule has 1 aromatic carbocycles. The van der Waals surface area contributed by atoms with Gasteiger partial charge in [-0.1, -0.05) is 33.6 Å². The number of thiazole rings is 1. The molecule has 0 saturated heterocycles. The lowest BCUT2D eigenvalue weighted by Crippen LogP contribution is -2.00. The van der Waals surface area contributed by atoms with Gasteiger partial charge in [0, 0.05) is 22.1 Å². The zero-order valence-corrected chi connectivity index (χ0v) is 12.3. The molecule has 0 bridgehead atoms. The molecule has 0 amide bonds. The van der Waals surface area contributed by atoms with Crippen molar-refractivity contribution < 1.29 is 5.11 Å². The maximum Gasteiger partial charge on any atom is 0.0938 e. The molecule has 2 aromatic rings. The van der Waals surface area contributed by atoms with Crippen LogP contribution in [0.1, 0.15) is 21.6 Å². The van der Waals surface area contributed by atoms with Gasteiger partial charge in [-0.25, -0.2) is 4.98 Å². The molecule has 0 aliphatic heterocycles. The van der Waals surface area contributed by atoms with Crippen LogP contribution < -0.4 is 0 Å². The Hall–Kier alpha value is -0.420. The monoisotopic (exact) mass is 331 g/mol. The predicted octanol–water partition coefficient (Wildman–Crippen LogP) is 4.14. The zero-order valence-electron chi connectivity index (χ0n) is 9.15. The van der Waals surface area contributed by atoms with E-state index in [-0.39, 0.29) is 0 Å². The summed E-state index contributed by atoms with van der Waals surface area (Å²) in [5.74, 6) is 0. The molecule has 17 heavy (non-hydrogen) atoms. The highest BCUT2D eigenvalue weighted by molar-refractivity contribution is 9.10. The topological polar surface area (TPSA) is 33.1 Å². The Balaban J connectivity index is 2.15. The Kier molecular flexibility index (Phi) is 4.20. The van der Waals surface area contributed by atoms with Crippen LogP contribution in [0.25, 0.3) is 0 Å². The number of benzene rings is 1. The first-order chi connectivity index (χ1) is 8.06. The lowest BCUT2D eigenvalue weighted by atomic mass is 10.1.